The number of hydrogen-bond acceptors (Lipinski definition) is 19. The van der Waals surface area contributed by atoms with Crippen molar-refractivity contribution in [3.05, 3.63) is 70.0 Å². The lowest BCUT2D eigenvalue weighted by Gasteiger charge is -2.56. The molecule has 90 heavy (non-hydrogen) atoms. The van der Waals surface area contributed by atoms with E-state index < -0.39 is 0 Å². The van der Waals surface area contributed by atoms with Crippen molar-refractivity contribution in [2.45, 2.75) is 155 Å². The molecule has 0 unspecified atom stereocenters. The number of aromatic nitrogens is 4. The van der Waals surface area contributed by atoms with E-state index in [2.05, 4.69) is 35.9 Å². The molecule has 0 atom stereocenters. The highest BCUT2D eigenvalue weighted by Gasteiger charge is 2.53. The van der Waals surface area contributed by atoms with Crippen LogP contribution in [0.4, 0.5) is 23.5 Å². The van der Waals surface area contributed by atoms with Crippen molar-refractivity contribution in [1.29, 1.82) is 0 Å². The molecule has 0 saturated heterocycles. The molecule has 2 aromatic carbocycles. The van der Waals surface area contributed by atoms with Crippen molar-refractivity contribution in [3.63, 3.8) is 0 Å². The summed E-state index contributed by atoms with van der Waals surface area (Å²) in [6.45, 7) is 8.12. The van der Waals surface area contributed by atoms with Crippen LogP contribution in [0.2, 0.25) is 0 Å². The number of nitrogens with zero attached hydrogens (tertiary/aromatic N) is 4. The number of nitrogens with two attached hydrogens (primary N) is 4. The van der Waals surface area contributed by atoms with Gasteiger partial charge in [-0.25, -0.2) is 9.97 Å². The second kappa shape index (κ2) is 32.2. The summed E-state index contributed by atoms with van der Waals surface area (Å²) < 4.78 is 39.9. The summed E-state index contributed by atoms with van der Waals surface area (Å²) in [5.74, 6) is 8.78. The van der Waals surface area contributed by atoms with E-state index in [9.17, 15) is 19.2 Å². The van der Waals surface area contributed by atoms with Crippen molar-refractivity contribution in [2.75, 3.05) is 103 Å². The van der Waals surface area contributed by atoms with Crippen LogP contribution >= 0.6 is 0 Å². The fraction of sp³-hybridized carbons (Fsp3) is 0.647. The number of anilines is 4. The van der Waals surface area contributed by atoms with E-state index in [-0.39, 0.29) is 53.0 Å². The highest BCUT2D eigenvalue weighted by Crippen LogP contribution is 2.62. The second-order valence-corrected chi connectivity index (χ2v) is 26.8. The van der Waals surface area contributed by atoms with Crippen LogP contribution in [0.3, 0.4) is 0 Å². The molecule has 22 nitrogen and oxygen atoms in total. The number of rotatable bonds is 34. The Morgan fingerprint density at radius 2 is 0.889 bits per heavy atom. The number of benzene rings is 2. The maximum atomic E-state index is 12.6. The van der Waals surface area contributed by atoms with Crippen molar-refractivity contribution in [2.24, 2.45) is 46.3 Å². The molecule has 8 saturated carbocycles. The molecule has 3 amide bonds. The van der Waals surface area contributed by atoms with Gasteiger partial charge < -0.3 is 72.0 Å². The number of hydrogen-bond donors (Lipinski definition) is 7. The van der Waals surface area contributed by atoms with Crippen LogP contribution in [-0.4, -0.2) is 124 Å². The normalized spacial score (nSPS) is 23.1. The Morgan fingerprint density at radius 1 is 0.500 bits per heavy atom. The molecular formula is C68H99N11O11. The van der Waals surface area contributed by atoms with Gasteiger partial charge in [-0.3, -0.25) is 19.2 Å². The fourth-order valence-corrected chi connectivity index (χ4v) is 16.4. The van der Waals surface area contributed by atoms with E-state index >= 15 is 0 Å². The molecule has 8 fully saturated rings. The summed E-state index contributed by atoms with van der Waals surface area (Å²) in [5, 5.41) is 8.83. The predicted octanol–water partition coefficient (Wildman–Crippen LogP) is 8.33. The van der Waals surface area contributed by atoms with Gasteiger partial charge in [-0.2, -0.15) is 9.97 Å². The highest BCUT2D eigenvalue weighted by molar-refractivity contribution is 5.77. The fourth-order valence-electron chi connectivity index (χ4n) is 16.4. The van der Waals surface area contributed by atoms with E-state index in [0.29, 0.717) is 145 Å². The van der Waals surface area contributed by atoms with Gasteiger partial charge in [0.05, 0.1) is 60.3 Å². The van der Waals surface area contributed by atoms with Crippen LogP contribution in [-0.2, 0) is 46.2 Å². The lowest BCUT2D eigenvalue weighted by Crippen LogP contribution is -2.48. The van der Waals surface area contributed by atoms with Gasteiger partial charge in [0.2, 0.25) is 29.6 Å². The van der Waals surface area contributed by atoms with E-state index in [1.165, 1.54) is 77.0 Å². The standard InChI is InChI=1S/C34H50N6O5.C34H49N5O6/c1-22-11-23(15-27-21-39-33(36)40-32(27)35)16-28(43-2)31(22)45-8-4-3-5-29(41)37-6-9-44-10-7-38-30(42)20-34-17-24-12-25(18-34)14-26(13-24)19-34;1-22-11-23(15-27-21-38-33(36)39-32(27)35)16-28(42-2)31(22)45-7-4-3-5-29(40)37-6-8-43-9-10-44-30(41)20-34-17-24-12-25(18-34)14-26(13-24)19-34/h11,16,21,24-26H,3-10,12-15,17-20H2,1-2H3,(H,37,41)(H,38,42)(H4,35,36,39,40);11,16,21,24-26H,3-10,12-15,17-20H2,1-2H3,(H,37,40)(H4,35,36,38,39). The SMILES string of the molecule is COc1cc(Cc2cnc(N)nc2N)cc(C)c1OCCCCC(=O)NCCOCCNC(=O)CC12CC3CC(CC(C3)C1)C2.COc1cc(Cc2cnc(N)nc2N)cc(C)c1OCCCCC(=O)NCCOCCOC(=O)CC12CC3CC(CC(C3)C1)C2. The first-order chi connectivity index (χ1) is 43.4. The maximum Gasteiger partial charge on any atom is 0.306 e. The van der Waals surface area contributed by atoms with Gasteiger partial charge in [-0.1, -0.05) is 12.1 Å². The van der Waals surface area contributed by atoms with Gasteiger partial charge in [0.15, 0.2) is 23.0 Å². The molecule has 22 heteroatoms. The van der Waals surface area contributed by atoms with Gasteiger partial charge in [-0.15, -0.1) is 0 Å². The number of carbonyl (C=O) groups excluding carboxylic acids is 4. The average molecular weight is 1250 g/mol. The largest absolute Gasteiger partial charge is 0.493 e. The molecule has 2 heterocycles. The Balaban J connectivity index is 0.000000213. The Kier molecular flexibility index (Phi) is 24.0. The van der Waals surface area contributed by atoms with Crippen LogP contribution in [0.5, 0.6) is 23.0 Å². The second-order valence-electron chi connectivity index (χ2n) is 26.8. The first-order valence-corrected chi connectivity index (χ1v) is 32.9. The van der Waals surface area contributed by atoms with Crippen LogP contribution in [0.15, 0.2) is 36.7 Å². The number of nitrogens with one attached hydrogen (secondary N) is 3. The monoisotopic (exact) mass is 1250 g/mol. The van der Waals surface area contributed by atoms with Gasteiger partial charge in [0, 0.05) is 75.3 Å². The summed E-state index contributed by atoms with van der Waals surface area (Å²) in [6, 6.07) is 7.89. The first kappa shape index (κ1) is 67.2. The molecule has 0 spiro atoms. The first-order valence-electron chi connectivity index (χ1n) is 32.9. The quantitative estimate of drug-likeness (QED) is 0.0171. The predicted molar refractivity (Wildman–Crippen MR) is 344 cm³/mol. The summed E-state index contributed by atoms with van der Waals surface area (Å²) >= 11 is 0. The molecule has 12 rings (SSSR count). The molecule has 8 bridgehead atoms. The summed E-state index contributed by atoms with van der Waals surface area (Å²) in [5.41, 5.74) is 29.1. The maximum absolute atomic E-state index is 12.6. The lowest BCUT2D eigenvalue weighted by molar-refractivity contribution is -0.153. The zero-order chi connectivity index (χ0) is 63.6. The highest BCUT2D eigenvalue weighted by atomic mass is 16.6. The smallest absolute Gasteiger partial charge is 0.306 e. The third-order valence-corrected chi connectivity index (χ3v) is 19.3. The molecule has 8 aliphatic rings. The number of aryl methyl sites for hydroxylation is 2. The number of esters is 1. The third kappa shape index (κ3) is 19.4. The lowest BCUT2D eigenvalue weighted by atomic mass is 9.49. The number of amides is 3. The molecule has 492 valence electrons. The van der Waals surface area contributed by atoms with E-state index in [1.54, 1.807) is 26.6 Å². The molecule has 0 radical (unpaired) electrons. The third-order valence-electron chi connectivity index (χ3n) is 19.3. The Labute approximate surface area is 530 Å². The minimum absolute atomic E-state index is 0.00786. The van der Waals surface area contributed by atoms with Gasteiger partial charge in [0.1, 0.15) is 18.2 Å². The number of carbonyl (C=O) groups is 4. The number of methoxy groups -OCH3 is 2. The van der Waals surface area contributed by atoms with Gasteiger partial charge in [0.25, 0.3) is 0 Å². The van der Waals surface area contributed by atoms with Crippen LogP contribution in [0.1, 0.15) is 162 Å². The zero-order valence-electron chi connectivity index (χ0n) is 53.6. The minimum Gasteiger partial charge on any atom is -0.493 e. The minimum atomic E-state index is -0.0843. The van der Waals surface area contributed by atoms with E-state index in [1.807, 2.05) is 38.1 Å². The van der Waals surface area contributed by atoms with Crippen molar-refractivity contribution >= 4 is 47.2 Å². The Morgan fingerprint density at radius 3 is 1.29 bits per heavy atom. The molecular weight excluding hydrogens is 1150 g/mol. The van der Waals surface area contributed by atoms with Crippen molar-refractivity contribution in [1.82, 2.24) is 35.9 Å². The molecule has 0 aliphatic heterocycles. The average Bonchev–Trinajstić information content (AvgIpc) is 0.831. The topological polar surface area (TPSA) is 325 Å². The number of ether oxygens (including phenoxy) is 7. The molecule has 4 aromatic rings. The molecule has 11 N–H and O–H groups in total. The van der Waals surface area contributed by atoms with E-state index in [4.69, 9.17) is 56.1 Å². The Bertz CT molecular complexity index is 2800. The van der Waals surface area contributed by atoms with Gasteiger partial charge >= 0.3 is 5.97 Å². The van der Waals surface area contributed by atoms with Crippen molar-refractivity contribution < 1.29 is 52.3 Å². The van der Waals surface area contributed by atoms with Crippen LogP contribution in [0.25, 0.3) is 0 Å². The Hall–Kier alpha value is -7.20. The summed E-state index contributed by atoms with van der Waals surface area (Å²) in [7, 11) is 3.22. The van der Waals surface area contributed by atoms with Crippen LogP contribution in [0, 0.1) is 60.2 Å². The molecule has 2 aromatic heterocycles. The van der Waals surface area contributed by atoms with Gasteiger partial charge in [-0.05, 0) is 197 Å². The number of nitrogen functional groups attached to an aromatic ring is 4. The summed E-state index contributed by atoms with van der Waals surface area (Å²) in [6.07, 6.45) is 25.0. The van der Waals surface area contributed by atoms with Crippen LogP contribution < -0.4 is 57.8 Å². The molecule has 8 aliphatic carbocycles. The summed E-state index contributed by atoms with van der Waals surface area (Å²) in [4.78, 5) is 65.7. The van der Waals surface area contributed by atoms with E-state index in [0.717, 1.165) is 81.7 Å². The zero-order valence-corrected chi connectivity index (χ0v) is 53.6. The number of unbranched alkanes of at least 4 members (excludes halogenated alkanes) is 2. The van der Waals surface area contributed by atoms with Crippen molar-refractivity contribution in [3.8, 4) is 23.0 Å².